The number of ether oxygens (including phenoxy) is 1. The van der Waals surface area contributed by atoms with Crippen molar-refractivity contribution in [2.75, 3.05) is 25.2 Å². The first-order valence-electron chi connectivity index (χ1n) is 20.3. The molecule has 1 saturated heterocycles. The van der Waals surface area contributed by atoms with Crippen LogP contribution < -0.4 is 20.3 Å². The van der Waals surface area contributed by atoms with E-state index in [0.717, 1.165) is 61.8 Å². The molecule has 0 aliphatic carbocycles. The van der Waals surface area contributed by atoms with Gasteiger partial charge < -0.3 is 50.9 Å². The number of halogens is 1. The van der Waals surface area contributed by atoms with Crippen molar-refractivity contribution in [3.63, 3.8) is 0 Å². The van der Waals surface area contributed by atoms with Gasteiger partial charge in [-0.15, -0.1) is 0 Å². The molecule has 3 aromatic carbocycles. The first-order chi connectivity index (χ1) is 27.9. The molecular weight excluding hydrogens is 762 g/mol. The largest absolute Gasteiger partial charge is 0.497 e. The highest BCUT2D eigenvalue weighted by Crippen LogP contribution is 2.46. The summed E-state index contributed by atoms with van der Waals surface area (Å²) < 4.78 is 18.7. The van der Waals surface area contributed by atoms with Gasteiger partial charge in [0.15, 0.2) is 0 Å². The number of aliphatic hydroxyl groups is 6. The number of aliphatic hydroxyl groups excluding tert-OH is 6. The van der Waals surface area contributed by atoms with E-state index in [1.165, 1.54) is 12.1 Å². The molecule has 13 nitrogen and oxygen atoms in total. The zero-order valence-electron chi connectivity index (χ0n) is 33.2. The maximum absolute atomic E-state index is 13.6. The maximum Gasteiger partial charge on any atom is 0.233 e. The van der Waals surface area contributed by atoms with Gasteiger partial charge >= 0.3 is 0 Å². The molecule has 3 aromatic rings. The standard InChI is InChI=1S/C44H60FN3O10.CH4/c1-58-34-22-16-31(17-23-34)41-35(24-25-36(50)30-14-18-32(45)19-15-30)44(57)48(41)33-20-12-29(13-21-33)26-46-39(53)10-8-6-4-2-3-5-7-9-11-40(54)47-27-37(51)42(55)43(56)38(52)28-49;/h12-23,35-38,41-43,49-52,55-56H,2-11,24-28H2,1H3,(H,46,53)(H,47,54);1H4/t35-,36+,37+,38-,41-,42-,43-;/m1./s1. The molecule has 1 aliphatic rings. The molecule has 0 saturated carbocycles. The number of anilines is 1. The number of carbonyl (C=O) groups is 3. The number of hydrogen-bond acceptors (Lipinski definition) is 10. The Morgan fingerprint density at radius 2 is 1.29 bits per heavy atom. The van der Waals surface area contributed by atoms with Gasteiger partial charge in [-0.3, -0.25) is 14.4 Å². The zero-order valence-corrected chi connectivity index (χ0v) is 33.2. The smallest absolute Gasteiger partial charge is 0.233 e. The minimum absolute atomic E-state index is 0. The maximum atomic E-state index is 13.6. The number of rotatable bonds is 26. The number of benzene rings is 3. The molecule has 7 atom stereocenters. The molecule has 1 heterocycles. The molecule has 1 aliphatic heterocycles. The van der Waals surface area contributed by atoms with Crippen molar-refractivity contribution in [3.05, 3.63) is 95.3 Å². The third kappa shape index (κ3) is 15.0. The molecule has 4 rings (SSSR count). The third-order valence-corrected chi connectivity index (χ3v) is 10.8. The van der Waals surface area contributed by atoms with E-state index >= 15 is 0 Å². The lowest BCUT2D eigenvalue weighted by molar-refractivity contribution is -0.131. The van der Waals surface area contributed by atoms with E-state index in [1.807, 2.05) is 48.5 Å². The van der Waals surface area contributed by atoms with Crippen LogP contribution in [0.25, 0.3) is 0 Å². The molecule has 14 heteroatoms. The van der Waals surface area contributed by atoms with Crippen LogP contribution in [0.15, 0.2) is 72.8 Å². The molecule has 0 unspecified atom stereocenters. The Morgan fingerprint density at radius 3 is 1.85 bits per heavy atom. The normalized spacial score (nSPS) is 17.5. The van der Waals surface area contributed by atoms with Crippen LogP contribution in [0.3, 0.4) is 0 Å². The van der Waals surface area contributed by atoms with Crippen molar-refractivity contribution in [2.45, 2.75) is 128 Å². The zero-order chi connectivity index (χ0) is 42.0. The molecule has 59 heavy (non-hydrogen) atoms. The van der Waals surface area contributed by atoms with Gasteiger partial charge in [-0.2, -0.15) is 0 Å². The van der Waals surface area contributed by atoms with Crippen LogP contribution in [-0.2, 0) is 20.9 Å². The lowest BCUT2D eigenvalue weighted by atomic mass is 9.78. The molecule has 0 radical (unpaired) electrons. The second kappa shape index (κ2) is 25.2. The minimum atomic E-state index is -1.73. The Morgan fingerprint density at radius 1 is 0.746 bits per heavy atom. The SMILES string of the molecule is C.COc1ccc([C@@H]2[C@@H](CC[C@H](O)c3ccc(F)cc3)C(=O)N2c2ccc(CNC(=O)CCCCCCCCCCC(=O)NC[C@H](O)[C@@H](O)[C@H](O)[C@H](O)CO)cc2)cc1. The van der Waals surface area contributed by atoms with Gasteiger partial charge in [0.1, 0.15) is 29.9 Å². The average molecular weight is 826 g/mol. The number of nitrogens with zero attached hydrogens (tertiary/aromatic N) is 1. The number of amides is 3. The van der Waals surface area contributed by atoms with Gasteiger partial charge in [-0.25, -0.2) is 4.39 Å². The summed E-state index contributed by atoms with van der Waals surface area (Å²) in [6.45, 7) is -0.681. The topological polar surface area (TPSA) is 209 Å². The van der Waals surface area contributed by atoms with E-state index in [-0.39, 0.29) is 55.9 Å². The van der Waals surface area contributed by atoms with Crippen molar-refractivity contribution in [2.24, 2.45) is 5.92 Å². The fourth-order valence-corrected chi connectivity index (χ4v) is 7.18. The van der Waals surface area contributed by atoms with Crippen molar-refractivity contribution < 1.29 is 54.2 Å². The first kappa shape index (κ1) is 48.9. The van der Waals surface area contributed by atoms with Gasteiger partial charge in [-0.1, -0.05) is 82.3 Å². The quantitative estimate of drug-likeness (QED) is 0.0411. The predicted octanol–water partition coefficient (Wildman–Crippen LogP) is 4.76. The number of methoxy groups -OCH3 is 1. The highest BCUT2D eigenvalue weighted by atomic mass is 19.1. The molecule has 326 valence electrons. The Balaban J connectivity index is 0.00000930. The Kier molecular flexibility index (Phi) is 20.9. The van der Waals surface area contributed by atoms with Crippen LogP contribution in [-0.4, -0.2) is 93.0 Å². The average Bonchev–Trinajstić information content (AvgIpc) is 3.24. The van der Waals surface area contributed by atoms with Crippen LogP contribution >= 0.6 is 0 Å². The van der Waals surface area contributed by atoms with E-state index in [2.05, 4.69) is 10.6 Å². The van der Waals surface area contributed by atoms with Gasteiger partial charge in [0.2, 0.25) is 17.7 Å². The number of carbonyl (C=O) groups excluding carboxylic acids is 3. The van der Waals surface area contributed by atoms with Crippen LogP contribution in [0.4, 0.5) is 10.1 Å². The van der Waals surface area contributed by atoms with Gasteiger partial charge in [0, 0.05) is 31.6 Å². The van der Waals surface area contributed by atoms with Gasteiger partial charge in [0.25, 0.3) is 0 Å². The minimum Gasteiger partial charge on any atom is -0.497 e. The summed E-state index contributed by atoms with van der Waals surface area (Å²) >= 11 is 0. The van der Waals surface area contributed by atoms with Crippen molar-refractivity contribution in [3.8, 4) is 5.75 Å². The number of nitrogens with one attached hydrogen (secondary N) is 2. The van der Waals surface area contributed by atoms with Crippen molar-refractivity contribution in [1.82, 2.24) is 10.6 Å². The molecule has 3 amide bonds. The number of hydrogen-bond donors (Lipinski definition) is 8. The monoisotopic (exact) mass is 825 g/mol. The van der Waals surface area contributed by atoms with Crippen LogP contribution in [0.1, 0.15) is 113 Å². The van der Waals surface area contributed by atoms with Crippen LogP contribution in [0.5, 0.6) is 5.75 Å². The fourth-order valence-electron chi connectivity index (χ4n) is 7.18. The fraction of sp³-hybridized carbons (Fsp3) is 0.533. The lowest BCUT2D eigenvalue weighted by Gasteiger charge is -2.48. The summed E-state index contributed by atoms with van der Waals surface area (Å²) in [6, 6.07) is 20.7. The summed E-state index contributed by atoms with van der Waals surface area (Å²) in [5, 5.41) is 63.8. The molecule has 0 aromatic heterocycles. The molecular formula is C45H64FN3O10. The van der Waals surface area contributed by atoms with Crippen molar-refractivity contribution >= 4 is 23.4 Å². The molecule has 0 bridgehead atoms. The summed E-state index contributed by atoms with van der Waals surface area (Å²) in [6.07, 6.45) is 1.46. The third-order valence-electron chi connectivity index (χ3n) is 10.8. The predicted molar refractivity (Wildman–Crippen MR) is 223 cm³/mol. The Bertz CT molecular complexity index is 1700. The summed E-state index contributed by atoms with van der Waals surface area (Å²) in [5.74, 6) is -0.357. The second-order valence-electron chi connectivity index (χ2n) is 15.1. The Hall–Kier alpha value is -4.44. The van der Waals surface area contributed by atoms with E-state index in [4.69, 9.17) is 9.84 Å². The van der Waals surface area contributed by atoms with E-state index in [1.54, 1.807) is 24.1 Å². The van der Waals surface area contributed by atoms with Gasteiger partial charge in [-0.05, 0) is 78.8 Å². The van der Waals surface area contributed by atoms with Gasteiger partial charge in [0.05, 0.1) is 37.9 Å². The first-order valence-corrected chi connectivity index (χ1v) is 20.3. The van der Waals surface area contributed by atoms with Crippen LogP contribution in [0, 0.1) is 11.7 Å². The lowest BCUT2D eigenvalue weighted by Crippen LogP contribution is -2.55. The molecule has 0 spiro atoms. The molecule has 1 fully saturated rings. The van der Waals surface area contributed by atoms with E-state index in [0.29, 0.717) is 43.5 Å². The van der Waals surface area contributed by atoms with Crippen LogP contribution in [0.2, 0.25) is 0 Å². The second-order valence-corrected chi connectivity index (χ2v) is 15.1. The highest BCUT2D eigenvalue weighted by molar-refractivity contribution is 6.03. The van der Waals surface area contributed by atoms with Crippen molar-refractivity contribution in [1.29, 1.82) is 0 Å². The molecule has 8 N–H and O–H groups in total. The van der Waals surface area contributed by atoms with E-state index in [9.17, 15) is 44.3 Å². The number of β-lactam (4-membered cyclic amide) rings is 1. The summed E-state index contributed by atoms with van der Waals surface area (Å²) in [5.41, 5.74) is 3.21. The summed E-state index contributed by atoms with van der Waals surface area (Å²) in [4.78, 5) is 39.9. The summed E-state index contributed by atoms with van der Waals surface area (Å²) in [7, 11) is 1.60. The van der Waals surface area contributed by atoms with E-state index < -0.39 is 37.1 Å². The Labute approximate surface area is 347 Å². The highest BCUT2D eigenvalue weighted by Gasteiger charge is 2.48. The number of unbranched alkanes of at least 4 members (excludes halogenated alkanes) is 7.